The van der Waals surface area contributed by atoms with E-state index in [4.69, 9.17) is 10.5 Å². The number of nitrogens with two attached hydrogens (primary N) is 1. The number of alkyl carbamates (subject to hydrolysis) is 1. The lowest BCUT2D eigenvalue weighted by Gasteiger charge is -2.37. The van der Waals surface area contributed by atoms with E-state index in [1.54, 1.807) is 0 Å². The standard InChI is InChI=1S/C14H30N2O2/c1-9(2)10(11(15)13(3,4)5)16-12(17)18-14(6,7)8/h9-11H,15H2,1-8H3,(H,16,17)/t10-,11-/m0/s1. The molecule has 0 aromatic heterocycles. The molecule has 0 bridgehead atoms. The number of carbonyl (C=O) groups is 1. The molecule has 0 aromatic carbocycles. The Kier molecular flexibility index (Phi) is 5.66. The van der Waals surface area contributed by atoms with Crippen molar-refractivity contribution in [2.45, 2.75) is 73.1 Å². The van der Waals surface area contributed by atoms with E-state index in [9.17, 15) is 4.79 Å². The third kappa shape index (κ3) is 6.24. The minimum Gasteiger partial charge on any atom is -0.444 e. The van der Waals surface area contributed by atoms with Crippen molar-refractivity contribution in [2.24, 2.45) is 17.1 Å². The van der Waals surface area contributed by atoms with Gasteiger partial charge in [-0.25, -0.2) is 4.79 Å². The monoisotopic (exact) mass is 258 g/mol. The van der Waals surface area contributed by atoms with Gasteiger partial charge in [0.25, 0.3) is 0 Å². The summed E-state index contributed by atoms with van der Waals surface area (Å²) in [7, 11) is 0. The highest BCUT2D eigenvalue weighted by Crippen LogP contribution is 2.23. The Balaban J connectivity index is 4.70. The molecule has 3 N–H and O–H groups in total. The van der Waals surface area contributed by atoms with Crippen LogP contribution in [0.1, 0.15) is 55.4 Å². The smallest absolute Gasteiger partial charge is 0.407 e. The van der Waals surface area contributed by atoms with Gasteiger partial charge in [-0.2, -0.15) is 0 Å². The van der Waals surface area contributed by atoms with Gasteiger partial charge in [0, 0.05) is 6.04 Å². The topological polar surface area (TPSA) is 64.3 Å². The zero-order chi connectivity index (χ0) is 14.7. The molecule has 2 atom stereocenters. The molecule has 4 heteroatoms. The van der Waals surface area contributed by atoms with Crippen molar-refractivity contribution in [3.8, 4) is 0 Å². The van der Waals surface area contributed by atoms with Crippen molar-refractivity contribution in [1.29, 1.82) is 0 Å². The van der Waals surface area contributed by atoms with Gasteiger partial charge in [-0.3, -0.25) is 0 Å². The summed E-state index contributed by atoms with van der Waals surface area (Å²) < 4.78 is 5.28. The predicted octanol–water partition coefficient (Wildman–Crippen LogP) is 2.91. The average molecular weight is 258 g/mol. The minimum absolute atomic E-state index is 0.0655. The summed E-state index contributed by atoms with van der Waals surface area (Å²) in [4.78, 5) is 11.8. The van der Waals surface area contributed by atoms with Gasteiger partial charge in [-0.05, 0) is 32.1 Å². The van der Waals surface area contributed by atoms with Crippen LogP contribution in [0.15, 0.2) is 0 Å². The number of ether oxygens (including phenoxy) is 1. The summed E-state index contributed by atoms with van der Waals surface area (Å²) >= 11 is 0. The molecular weight excluding hydrogens is 228 g/mol. The number of hydrogen-bond acceptors (Lipinski definition) is 3. The Morgan fingerprint density at radius 1 is 1.11 bits per heavy atom. The maximum absolute atomic E-state index is 11.8. The fourth-order valence-electron chi connectivity index (χ4n) is 1.65. The summed E-state index contributed by atoms with van der Waals surface area (Å²) in [5.41, 5.74) is 5.68. The lowest BCUT2D eigenvalue weighted by molar-refractivity contribution is 0.0460. The molecule has 0 heterocycles. The van der Waals surface area contributed by atoms with Crippen molar-refractivity contribution in [3.05, 3.63) is 0 Å². The number of rotatable bonds is 3. The van der Waals surface area contributed by atoms with E-state index in [0.717, 1.165) is 0 Å². The Morgan fingerprint density at radius 2 is 1.56 bits per heavy atom. The second-order valence-electron chi connectivity index (χ2n) is 7.31. The van der Waals surface area contributed by atoms with E-state index in [1.807, 2.05) is 34.6 Å². The first-order valence-corrected chi connectivity index (χ1v) is 6.59. The number of nitrogens with one attached hydrogen (secondary N) is 1. The molecule has 0 fully saturated rings. The highest BCUT2D eigenvalue weighted by atomic mass is 16.6. The van der Waals surface area contributed by atoms with Crippen molar-refractivity contribution >= 4 is 6.09 Å². The highest BCUT2D eigenvalue weighted by Gasteiger charge is 2.33. The van der Waals surface area contributed by atoms with Crippen LogP contribution in [0.2, 0.25) is 0 Å². The zero-order valence-corrected chi connectivity index (χ0v) is 13.1. The maximum atomic E-state index is 11.8. The van der Waals surface area contributed by atoms with Crippen LogP contribution in [0, 0.1) is 11.3 Å². The quantitative estimate of drug-likeness (QED) is 0.818. The summed E-state index contributed by atoms with van der Waals surface area (Å²) in [5, 5.41) is 2.89. The van der Waals surface area contributed by atoms with E-state index in [0.29, 0.717) is 0 Å². The van der Waals surface area contributed by atoms with Crippen LogP contribution in [0.25, 0.3) is 0 Å². The van der Waals surface area contributed by atoms with Crippen LogP contribution in [0.4, 0.5) is 4.79 Å². The molecule has 0 radical (unpaired) electrons. The third-order valence-corrected chi connectivity index (χ3v) is 2.79. The molecular formula is C14H30N2O2. The van der Waals surface area contributed by atoms with Crippen LogP contribution >= 0.6 is 0 Å². The third-order valence-electron chi connectivity index (χ3n) is 2.79. The van der Waals surface area contributed by atoms with Crippen molar-refractivity contribution in [1.82, 2.24) is 5.32 Å². The van der Waals surface area contributed by atoms with Gasteiger partial charge >= 0.3 is 6.09 Å². The molecule has 0 rings (SSSR count). The summed E-state index contributed by atoms with van der Waals surface area (Å²) in [5.74, 6) is 0.256. The van der Waals surface area contributed by atoms with Crippen LogP contribution < -0.4 is 11.1 Å². The molecule has 0 aromatic rings. The number of amides is 1. The fraction of sp³-hybridized carbons (Fsp3) is 0.929. The lowest BCUT2D eigenvalue weighted by Crippen LogP contribution is -2.56. The van der Waals surface area contributed by atoms with Gasteiger partial charge in [0.05, 0.1) is 6.04 Å². The van der Waals surface area contributed by atoms with Crippen molar-refractivity contribution < 1.29 is 9.53 Å². The van der Waals surface area contributed by atoms with E-state index in [2.05, 4.69) is 26.1 Å². The summed E-state index contributed by atoms with van der Waals surface area (Å²) in [6, 6.07) is -0.218. The van der Waals surface area contributed by atoms with Gasteiger partial charge in [0.1, 0.15) is 5.60 Å². The van der Waals surface area contributed by atoms with E-state index >= 15 is 0 Å². The SMILES string of the molecule is CC(C)[C@H](NC(=O)OC(C)(C)C)[C@H](N)C(C)(C)C. The normalized spacial score (nSPS) is 16.3. The molecule has 0 spiro atoms. The molecule has 0 aliphatic rings. The van der Waals surface area contributed by atoms with E-state index in [1.165, 1.54) is 0 Å². The molecule has 1 amide bonds. The maximum Gasteiger partial charge on any atom is 0.407 e. The first kappa shape index (κ1) is 17.2. The minimum atomic E-state index is -0.489. The second-order valence-corrected chi connectivity index (χ2v) is 7.31. The number of hydrogen-bond donors (Lipinski definition) is 2. The first-order valence-electron chi connectivity index (χ1n) is 6.59. The van der Waals surface area contributed by atoms with Gasteiger partial charge in [-0.1, -0.05) is 34.6 Å². The molecule has 0 aliphatic carbocycles. The van der Waals surface area contributed by atoms with Crippen LogP contribution in [-0.4, -0.2) is 23.8 Å². The van der Waals surface area contributed by atoms with Crippen molar-refractivity contribution in [2.75, 3.05) is 0 Å². The zero-order valence-electron chi connectivity index (χ0n) is 13.1. The summed E-state index contributed by atoms with van der Waals surface area (Å²) in [6.45, 7) is 15.9. The average Bonchev–Trinajstić information content (AvgIpc) is 2.08. The predicted molar refractivity (Wildman–Crippen MR) is 75.4 cm³/mol. The van der Waals surface area contributed by atoms with E-state index in [-0.39, 0.29) is 23.4 Å². The van der Waals surface area contributed by atoms with Crippen LogP contribution in [0.5, 0.6) is 0 Å². The second kappa shape index (κ2) is 5.91. The van der Waals surface area contributed by atoms with Gasteiger partial charge in [0.15, 0.2) is 0 Å². The Labute approximate surface area is 112 Å². The first-order chi connectivity index (χ1) is 7.84. The van der Waals surface area contributed by atoms with Gasteiger partial charge in [-0.15, -0.1) is 0 Å². The molecule has 0 unspecified atom stereocenters. The highest BCUT2D eigenvalue weighted by molar-refractivity contribution is 5.68. The van der Waals surface area contributed by atoms with Gasteiger partial charge < -0.3 is 15.8 Å². The van der Waals surface area contributed by atoms with Crippen LogP contribution in [-0.2, 0) is 4.74 Å². The van der Waals surface area contributed by atoms with Crippen molar-refractivity contribution in [3.63, 3.8) is 0 Å². The lowest BCUT2D eigenvalue weighted by atomic mass is 9.79. The Morgan fingerprint density at radius 3 is 1.83 bits per heavy atom. The van der Waals surface area contributed by atoms with Crippen LogP contribution in [0.3, 0.4) is 0 Å². The molecule has 0 saturated carbocycles. The molecule has 18 heavy (non-hydrogen) atoms. The fourth-order valence-corrected chi connectivity index (χ4v) is 1.65. The molecule has 0 aliphatic heterocycles. The summed E-state index contributed by atoms with van der Waals surface area (Å²) in [6.07, 6.45) is -0.402. The molecule has 108 valence electrons. The van der Waals surface area contributed by atoms with E-state index < -0.39 is 11.7 Å². The van der Waals surface area contributed by atoms with Gasteiger partial charge in [0.2, 0.25) is 0 Å². The Hall–Kier alpha value is -0.770. The molecule has 0 saturated heterocycles. The molecule has 4 nitrogen and oxygen atoms in total. The largest absolute Gasteiger partial charge is 0.444 e. The number of carbonyl (C=O) groups excluding carboxylic acids is 1. The Bertz CT molecular complexity index is 274.